The number of azo groups is 1. The molecule has 0 atom stereocenters. The summed E-state index contributed by atoms with van der Waals surface area (Å²) >= 11 is 5.90. The minimum absolute atomic E-state index is 0. The van der Waals surface area contributed by atoms with Crippen LogP contribution in [0.25, 0.3) is 5.69 Å². The van der Waals surface area contributed by atoms with Gasteiger partial charge in [-0.15, -0.1) is 5.11 Å². The fourth-order valence-corrected chi connectivity index (χ4v) is 3.14. The maximum absolute atomic E-state index is 12.6. The summed E-state index contributed by atoms with van der Waals surface area (Å²) < 4.78 is 32.8. The number of nitro groups is 1. The number of aromatic nitrogens is 2. The minimum atomic E-state index is -4.87. The molecule has 1 heterocycles. The number of hydrogen-bond acceptors (Lipinski definition) is 9. The van der Waals surface area contributed by atoms with E-state index in [0.717, 1.165) is 4.68 Å². The number of hydrogen-bond donors (Lipinski definition) is 1. The van der Waals surface area contributed by atoms with E-state index in [2.05, 4.69) is 15.3 Å². The van der Waals surface area contributed by atoms with Crippen molar-refractivity contribution in [3.05, 3.63) is 57.2 Å². The van der Waals surface area contributed by atoms with Gasteiger partial charge in [0.2, 0.25) is 0 Å². The van der Waals surface area contributed by atoms with Crippen molar-refractivity contribution < 1.29 is 45.5 Å². The Kier molecular flexibility index (Phi) is 7.04. The zero-order valence-corrected chi connectivity index (χ0v) is 18.1. The first-order chi connectivity index (χ1) is 14.0. The summed E-state index contributed by atoms with van der Waals surface area (Å²) in [6.45, 7) is 1.44. The quantitative estimate of drug-likeness (QED) is 0.238. The zero-order valence-electron chi connectivity index (χ0n) is 15.3. The number of halogens is 1. The zero-order chi connectivity index (χ0) is 22.2. The fourth-order valence-electron chi connectivity index (χ4n) is 2.43. The molecule has 159 valence electrons. The van der Waals surface area contributed by atoms with Gasteiger partial charge in [0.05, 0.1) is 22.0 Å². The van der Waals surface area contributed by atoms with Gasteiger partial charge >= 0.3 is 17.4 Å². The van der Waals surface area contributed by atoms with E-state index in [9.17, 15) is 28.7 Å². The van der Waals surface area contributed by atoms with Gasteiger partial charge in [-0.25, -0.2) is 4.68 Å². The molecular weight excluding hydrogens is 494 g/mol. The van der Waals surface area contributed by atoms with E-state index in [4.69, 9.17) is 16.2 Å². The smallest absolute Gasteiger partial charge is 0.866 e. The summed E-state index contributed by atoms with van der Waals surface area (Å²) in [5.74, 6) is -1.96. The van der Waals surface area contributed by atoms with Crippen LogP contribution in [-0.2, 0) is 27.5 Å². The predicted octanol–water partition coefficient (Wildman–Crippen LogP) is 2.55. The van der Waals surface area contributed by atoms with Crippen molar-refractivity contribution >= 4 is 38.8 Å². The van der Waals surface area contributed by atoms with Crippen molar-refractivity contribution in [3.8, 4) is 17.3 Å². The van der Waals surface area contributed by atoms with E-state index < -0.39 is 42.9 Å². The molecule has 0 saturated carbocycles. The summed E-state index contributed by atoms with van der Waals surface area (Å²) in [5, 5.41) is 47.3. The summed E-state index contributed by atoms with van der Waals surface area (Å²) in [5.41, 5.74) is -1.71. The number of benzene rings is 2. The van der Waals surface area contributed by atoms with Gasteiger partial charge in [0, 0.05) is 22.7 Å². The molecule has 1 aromatic heterocycles. The van der Waals surface area contributed by atoms with Gasteiger partial charge < -0.3 is 10.2 Å². The Morgan fingerprint density at radius 1 is 1.19 bits per heavy atom. The fraction of sp³-hybridized carbons (Fsp3) is 0.0625. The number of aryl methyl sites for hydroxylation is 1. The van der Waals surface area contributed by atoms with Gasteiger partial charge in [-0.3, -0.25) is 14.7 Å². The Hall–Kier alpha value is -3.02. The first-order valence-corrected chi connectivity index (χ1v) is 9.72. The predicted molar refractivity (Wildman–Crippen MR) is 99.3 cm³/mol. The molecule has 15 heteroatoms. The Morgan fingerprint density at radius 2 is 1.87 bits per heavy atom. The first-order valence-electron chi connectivity index (χ1n) is 7.90. The second-order valence-electron chi connectivity index (χ2n) is 5.85. The summed E-state index contributed by atoms with van der Waals surface area (Å²) in [4.78, 5) is 8.96. The van der Waals surface area contributed by atoms with E-state index in [1.54, 1.807) is 18.2 Å². The molecule has 0 fully saturated rings. The van der Waals surface area contributed by atoms with Crippen LogP contribution in [0.5, 0.6) is 11.6 Å². The molecule has 2 aromatic carbocycles. The van der Waals surface area contributed by atoms with Crippen molar-refractivity contribution in [1.82, 2.24) is 9.78 Å². The van der Waals surface area contributed by atoms with Crippen LogP contribution in [0, 0.1) is 17.0 Å². The third-order valence-electron chi connectivity index (χ3n) is 3.82. The molecule has 31 heavy (non-hydrogen) atoms. The molecule has 0 aliphatic rings. The molecule has 0 bridgehead atoms. The maximum Gasteiger partial charge on any atom is 3.00 e. The monoisotopic (exact) mass is 503 g/mol. The molecule has 0 aliphatic carbocycles. The SMILES string of the molecule is Cc1nn(-c2cccc(Cl)c2)c([O-])c1N=Nc1cc(S(=O)(=O)O)cc([N+](=O)[O-])c1[O-].[Cr+3]. The molecular formula is C16H10ClCrN5O7S+. The Morgan fingerprint density at radius 3 is 2.45 bits per heavy atom. The normalized spacial score (nSPS) is 11.5. The maximum atomic E-state index is 12.6. The molecule has 0 amide bonds. The third-order valence-corrected chi connectivity index (χ3v) is 4.88. The average molecular weight is 504 g/mol. The van der Waals surface area contributed by atoms with E-state index in [0.29, 0.717) is 22.8 Å². The van der Waals surface area contributed by atoms with Crippen LogP contribution in [0.4, 0.5) is 17.1 Å². The Labute approximate surface area is 190 Å². The van der Waals surface area contributed by atoms with Crippen LogP contribution in [0.3, 0.4) is 0 Å². The van der Waals surface area contributed by atoms with Gasteiger partial charge in [-0.2, -0.15) is 18.6 Å². The van der Waals surface area contributed by atoms with E-state index in [1.165, 1.54) is 13.0 Å². The van der Waals surface area contributed by atoms with E-state index in [-0.39, 0.29) is 28.7 Å². The first kappa shape index (κ1) is 24.3. The van der Waals surface area contributed by atoms with Crippen LogP contribution in [0.2, 0.25) is 5.02 Å². The van der Waals surface area contributed by atoms with Crippen molar-refractivity contribution in [1.29, 1.82) is 0 Å². The summed E-state index contributed by atoms with van der Waals surface area (Å²) in [7, 11) is -4.87. The molecule has 1 radical (unpaired) electrons. The second-order valence-corrected chi connectivity index (χ2v) is 7.71. The van der Waals surface area contributed by atoms with Gasteiger partial charge in [-0.1, -0.05) is 17.7 Å². The van der Waals surface area contributed by atoms with Crippen LogP contribution >= 0.6 is 11.6 Å². The number of nitrogens with zero attached hydrogens (tertiary/aromatic N) is 5. The molecule has 0 aliphatic heterocycles. The molecule has 12 nitrogen and oxygen atoms in total. The molecule has 0 spiro atoms. The van der Waals surface area contributed by atoms with Gasteiger partial charge in [0.1, 0.15) is 10.6 Å². The van der Waals surface area contributed by atoms with Gasteiger partial charge in [0.25, 0.3) is 15.8 Å². The van der Waals surface area contributed by atoms with Gasteiger partial charge in [-0.05, 0) is 31.2 Å². The molecule has 3 rings (SSSR count). The van der Waals surface area contributed by atoms with Gasteiger partial charge in [0.15, 0.2) is 0 Å². The summed E-state index contributed by atoms with van der Waals surface area (Å²) in [6.07, 6.45) is 0. The largest absolute Gasteiger partial charge is 3.00 e. The second kappa shape index (κ2) is 9.00. The van der Waals surface area contributed by atoms with Crippen molar-refractivity contribution in [2.45, 2.75) is 11.8 Å². The topological polar surface area (TPSA) is 186 Å². The minimum Gasteiger partial charge on any atom is -0.866 e. The number of nitro benzene ring substituents is 1. The molecule has 0 saturated heterocycles. The molecule has 1 N–H and O–H groups in total. The average Bonchev–Trinajstić information content (AvgIpc) is 2.93. The Balaban J connectivity index is 0.00000341. The summed E-state index contributed by atoms with van der Waals surface area (Å²) in [6, 6.07) is 7.24. The molecule has 3 aromatic rings. The van der Waals surface area contributed by atoms with Crippen LogP contribution in [0.15, 0.2) is 51.5 Å². The van der Waals surface area contributed by atoms with E-state index in [1.807, 2.05) is 0 Å². The van der Waals surface area contributed by atoms with E-state index >= 15 is 0 Å². The third kappa shape index (κ3) is 5.01. The van der Waals surface area contributed by atoms with Crippen molar-refractivity contribution in [2.75, 3.05) is 0 Å². The number of rotatable bonds is 5. The van der Waals surface area contributed by atoms with Crippen molar-refractivity contribution in [3.63, 3.8) is 0 Å². The van der Waals surface area contributed by atoms with Crippen molar-refractivity contribution in [2.24, 2.45) is 10.2 Å². The van der Waals surface area contributed by atoms with Crippen LogP contribution in [-0.4, -0.2) is 27.7 Å². The van der Waals surface area contributed by atoms with Crippen LogP contribution < -0.4 is 10.2 Å². The molecule has 0 unspecified atom stereocenters. The van der Waals surface area contributed by atoms with Crippen LogP contribution in [0.1, 0.15) is 5.69 Å². The standard InChI is InChI=1S/C16H12ClN5O7S.Cr/c1-8-14(16(24)21(20-8)10-4-2-3-9(17)5-10)19-18-12-6-11(30(27,28)29)7-13(15(12)23)22(25)26;/h2-7,23-24H,1H3,(H,27,28,29);/q;+3/p-2. The Bertz CT molecular complexity index is 1310.